The second kappa shape index (κ2) is 5.00. The average molecular weight is 261 g/mol. The van der Waals surface area contributed by atoms with Gasteiger partial charge in [-0.15, -0.1) is 0 Å². The van der Waals surface area contributed by atoms with Gasteiger partial charge >= 0.3 is 0 Å². The summed E-state index contributed by atoms with van der Waals surface area (Å²) < 4.78 is 0. The molecule has 0 bridgehead atoms. The van der Waals surface area contributed by atoms with Gasteiger partial charge in [0.15, 0.2) is 0 Å². The van der Waals surface area contributed by atoms with Crippen molar-refractivity contribution in [3.05, 3.63) is 24.0 Å². The predicted molar refractivity (Wildman–Crippen MR) is 74.7 cm³/mol. The van der Waals surface area contributed by atoms with E-state index in [1.165, 1.54) is 12.1 Å². The Hall–Kier alpha value is -1.29. The number of aromatic amines is 1. The maximum absolute atomic E-state index is 12.0. The number of likely N-dealkylation sites (N-methyl/N-ethyl adjacent to an activating group) is 1. The second-order valence-corrected chi connectivity index (χ2v) is 6.04. The van der Waals surface area contributed by atoms with Crippen LogP contribution in [0.2, 0.25) is 0 Å². The summed E-state index contributed by atoms with van der Waals surface area (Å²) >= 11 is 0. The van der Waals surface area contributed by atoms with Crippen molar-refractivity contribution >= 4 is 5.91 Å². The molecule has 0 saturated carbocycles. The molecule has 1 atom stereocenters. The molecule has 0 aliphatic carbocycles. The molecule has 1 spiro atoms. The summed E-state index contributed by atoms with van der Waals surface area (Å²) in [5.74, 6) is 0.327. The molecule has 1 amide bonds. The molecule has 1 aromatic rings. The Balaban J connectivity index is 1.71. The Morgan fingerprint density at radius 1 is 1.37 bits per heavy atom. The van der Waals surface area contributed by atoms with E-state index >= 15 is 0 Å². The highest BCUT2D eigenvalue weighted by Crippen LogP contribution is 2.35. The van der Waals surface area contributed by atoms with Crippen molar-refractivity contribution < 1.29 is 4.79 Å². The summed E-state index contributed by atoms with van der Waals surface area (Å²) in [5.41, 5.74) is 1.36. The normalized spacial score (nSPS) is 29.1. The zero-order chi connectivity index (χ0) is 13.3. The first-order valence-electron chi connectivity index (χ1n) is 7.31. The molecule has 2 fully saturated rings. The molecule has 2 saturated heterocycles. The zero-order valence-electron chi connectivity index (χ0n) is 11.7. The monoisotopic (exact) mass is 261 g/mol. The standard InChI is InChI=1S/C15H23N3O/c1-17-14(19)6-2-7-15(17)8-4-10-18(12-15)11-13-5-3-9-16-13/h3,5,9,16H,2,4,6-8,10-12H2,1H3/t15-/m1/s1. The Morgan fingerprint density at radius 2 is 2.21 bits per heavy atom. The van der Waals surface area contributed by atoms with Crippen molar-refractivity contribution in [2.45, 2.75) is 44.2 Å². The van der Waals surface area contributed by atoms with E-state index in [2.05, 4.69) is 16.0 Å². The maximum atomic E-state index is 12.0. The number of hydrogen-bond donors (Lipinski definition) is 1. The van der Waals surface area contributed by atoms with Gasteiger partial charge in [-0.1, -0.05) is 0 Å². The molecule has 1 aromatic heterocycles. The number of amides is 1. The van der Waals surface area contributed by atoms with Gasteiger partial charge < -0.3 is 9.88 Å². The third kappa shape index (κ3) is 2.41. The number of likely N-dealkylation sites (tertiary alicyclic amines) is 2. The highest BCUT2D eigenvalue weighted by Gasteiger charge is 2.43. The number of carbonyl (C=O) groups excluding carboxylic acids is 1. The molecule has 0 unspecified atom stereocenters. The predicted octanol–water partition coefficient (Wildman–Crippen LogP) is 1.99. The van der Waals surface area contributed by atoms with E-state index in [0.29, 0.717) is 5.91 Å². The van der Waals surface area contributed by atoms with Crippen LogP contribution in [0, 0.1) is 0 Å². The molecular weight excluding hydrogens is 238 g/mol. The fraction of sp³-hybridized carbons (Fsp3) is 0.667. The SMILES string of the molecule is CN1C(=O)CCC[C@]12CCCN(Cc1ccc[nH]1)C2. The van der Waals surface area contributed by atoms with E-state index in [1.807, 2.05) is 24.2 Å². The zero-order valence-corrected chi connectivity index (χ0v) is 11.7. The molecule has 0 radical (unpaired) electrons. The van der Waals surface area contributed by atoms with E-state index in [4.69, 9.17) is 0 Å². The molecule has 0 aromatic carbocycles. The van der Waals surface area contributed by atoms with Gasteiger partial charge in [0.2, 0.25) is 5.91 Å². The van der Waals surface area contributed by atoms with Gasteiger partial charge in [0.25, 0.3) is 0 Å². The molecule has 2 aliphatic rings. The Morgan fingerprint density at radius 3 is 3.00 bits per heavy atom. The molecule has 104 valence electrons. The van der Waals surface area contributed by atoms with Crippen LogP contribution in [-0.2, 0) is 11.3 Å². The second-order valence-electron chi connectivity index (χ2n) is 6.04. The van der Waals surface area contributed by atoms with E-state index in [1.54, 1.807) is 0 Å². The first kappa shape index (κ1) is 12.7. The highest BCUT2D eigenvalue weighted by atomic mass is 16.2. The lowest BCUT2D eigenvalue weighted by Gasteiger charge is -2.50. The van der Waals surface area contributed by atoms with E-state index < -0.39 is 0 Å². The van der Waals surface area contributed by atoms with Gasteiger partial charge in [0.1, 0.15) is 0 Å². The summed E-state index contributed by atoms with van der Waals surface area (Å²) in [6.07, 6.45) is 7.28. The summed E-state index contributed by atoms with van der Waals surface area (Å²) in [6.45, 7) is 3.13. The Bertz CT molecular complexity index is 438. The van der Waals surface area contributed by atoms with Gasteiger partial charge in [-0.05, 0) is 44.4 Å². The lowest BCUT2D eigenvalue weighted by Crippen LogP contribution is -2.60. The molecular formula is C15H23N3O. The minimum absolute atomic E-state index is 0.0974. The van der Waals surface area contributed by atoms with Gasteiger partial charge in [-0.25, -0.2) is 0 Å². The largest absolute Gasteiger partial charge is 0.364 e. The number of hydrogen-bond acceptors (Lipinski definition) is 2. The van der Waals surface area contributed by atoms with E-state index in [0.717, 1.165) is 45.3 Å². The summed E-state index contributed by atoms with van der Waals surface area (Å²) in [7, 11) is 2.00. The minimum Gasteiger partial charge on any atom is -0.364 e. The minimum atomic E-state index is 0.0974. The molecule has 4 heteroatoms. The van der Waals surface area contributed by atoms with Crippen molar-refractivity contribution in [1.29, 1.82) is 0 Å². The quantitative estimate of drug-likeness (QED) is 0.884. The third-order valence-electron chi connectivity index (χ3n) is 4.81. The van der Waals surface area contributed by atoms with Crippen LogP contribution >= 0.6 is 0 Å². The van der Waals surface area contributed by atoms with E-state index in [9.17, 15) is 4.79 Å². The third-order valence-corrected chi connectivity index (χ3v) is 4.81. The van der Waals surface area contributed by atoms with Crippen molar-refractivity contribution in [2.24, 2.45) is 0 Å². The maximum Gasteiger partial charge on any atom is 0.222 e. The van der Waals surface area contributed by atoms with Crippen LogP contribution in [0.15, 0.2) is 18.3 Å². The van der Waals surface area contributed by atoms with Crippen LogP contribution in [-0.4, -0.2) is 46.4 Å². The van der Waals surface area contributed by atoms with Crippen molar-refractivity contribution in [3.8, 4) is 0 Å². The fourth-order valence-corrected chi connectivity index (χ4v) is 3.69. The van der Waals surface area contributed by atoms with Gasteiger partial charge in [0.05, 0.1) is 5.54 Å². The molecule has 3 rings (SSSR count). The van der Waals surface area contributed by atoms with Crippen LogP contribution in [0.4, 0.5) is 0 Å². The van der Waals surface area contributed by atoms with Gasteiger partial charge in [0, 0.05) is 38.4 Å². The number of nitrogens with one attached hydrogen (secondary N) is 1. The first-order valence-corrected chi connectivity index (χ1v) is 7.31. The van der Waals surface area contributed by atoms with Crippen LogP contribution in [0.5, 0.6) is 0 Å². The Kier molecular flexibility index (Phi) is 3.35. The van der Waals surface area contributed by atoms with Crippen molar-refractivity contribution in [1.82, 2.24) is 14.8 Å². The lowest BCUT2D eigenvalue weighted by atomic mass is 9.80. The number of aromatic nitrogens is 1. The number of carbonyl (C=O) groups is 1. The van der Waals surface area contributed by atoms with Gasteiger partial charge in [-0.3, -0.25) is 9.69 Å². The van der Waals surface area contributed by atoms with Crippen molar-refractivity contribution in [3.63, 3.8) is 0 Å². The number of nitrogens with zero attached hydrogens (tertiary/aromatic N) is 2. The van der Waals surface area contributed by atoms with Crippen molar-refractivity contribution in [2.75, 3.05) is 20.1 Å². The van der Waals surface area contributed by atoms with Gasteiger partial charge in [-0.2, -0.15) is 0 Å². The molecule has 1 N–H and O–H groups in total. The summed E-state index contributed by atoms with van der Waals surface area (Å²) in [5, 5.41) is 0. The molecule has 2 aliphatic heterocycles. The Labute approximate surface area is 114 Å². The number of rotatable bonds is 2. The summed E-state index contributed by atoms with van der Waals surface area (Å²) in [4.78, 5) is 19.8. The summed E-state index contributed by atoms with van der Waals surface area (Å²) in [6, 6.07) is 4.18. The molecule has 4 nitrogen and oxygen atoms in total. The average Bonchev–Trinajstić information content (AvgIpc) is 2.89. The van der Waals surface area contributed by atoms with Crippen LogP contribution in [0.1, 0.15) is 37.8 Å². The lowest BCUT2D eigenvalue weighted by molar-refractivity contribution is -0.143. The first-order chi connectivity index (χ1) is 9.20. The number of H-pyrrole nitrogens is 1. The molecule has 3 heterocycles. The highest BCUT2D eigenvalue weighted by molar-refractivity contribution is 5.77. The fourth-order valence-electron chi connectivity index (χ4n) is 3.69. The number of piperidine rings is 2. The van der Waals surface area contributed by atoms with E-state index in [-0.39, 0.29) is 5.54 Å². The van der Waals surface area contributed by atoms with Crippen LogP contribution < -0.4 is 0 Å². The topological polar surface area (TPSA) is 39.3 Å². The van der Waals surface area contributed by atoms with Crippen LogP contribution in [0.25, 0.3) is 0 Å². The molecule has 19 heavy (non-hydrogen) atoms. The van der Waals surface area contributed by atoms with Crippen LogP contribution in [0.3, 0.4) is 0 Å². The smallest absolute Gasteiger partial charge is 0.222 e.